The lowest BCUT2D eigenvalue weighted by Crippen LogP contribution is -2.50. The molecule has 1 aromatic heterocycles. The van der Waals surface area contributed by atoms with Crippen LogP contribution in [-0.4, -0.2) is 40.2 Å². The van der Waals surface area contributed by atoms with Gasteiger partial charge in [-0.15, -0.1) is 5.10 Å². The van der Waals surface area contributed by atoms with Crippen molar-refractivity contribution in [1.29, 1.82) is 0 Å². The highest BCUT2D eigenvalue weighted by Crippen LogP contribution is 2.39. The van der Waals surface area contributed by atoms with Crippen LogP contribution in [-0.2, 0) is 11.0 Å². The first kappa shape index (κ1) is 28.2. The van der Waals surface area contributed by atoms with Gasteiger partial charge in [-0.25, -0.2) is 8.78 Å². The topological polar surface area (TPSA) is 83.2 Å². The number of aromatic nitrogens is 2. The molecular weight excluding hydrogens is 486 g/mol. The molecule has 0 bridgehead atoms. The van der Waals surface area contributed by atoms with E-state index in [0.717, 1.165) is 31.8 Å². The molecule has 1 fully saturated rings. The lowest BCUT2D eigenvalue weighted by Gasteiger charge is -2.41. The van der Waals surface area contributed by atoms with Gasteiger partial charge in [-0.05, 0) is 65.7 Å². The van der Waals surface area contributed by atoms with Gasteiger partial charge in [0.05, 0.1) is 12.1 Å². The number of aliphatic hydroxyl groups excluding tert-OH is 1. The molecule has 2 aromatic rings. The molecule has 4 rings (SSSR count). The van der Waals surface area contributed by atoms with Gasteiger partial charge in [0.2, 0.25) is 5.89 Å². The van der Waals surface area contributed by atoms with Gasteiger partial charge >= 0.3 is 6.01 Å². The number of aliphatic hydroxyl groups is 1. The standard InChI is InChI=1S/C30H40F2N4O2/c1-20-35-36-28(38-20)34-26(17-21-15-24(31)11-12-25(32)16-21)27(37)19-33-30(13-6-5-7-14-30)23-10-8-9-22(18-23)29(2,3)4/h8-12,15-16,18,24,26-27,33,37H,5-7,13-14,17,19H2,1-4H3,(H,34,36). The van der Waals surface area contributed by atoms with E-state index in [-0.39, 0.29) is 29.9 Å². The predicted octanol–water partition coefficient (Wildman–Crippen LogP) is 6.34. The fourth-order valence-corrected chi connectivity index (χ4v) is 5.34. The molecule has 0 saturated heterocycles. The van der Waals surface area contributed by atoms with Crippen LogP contribution in [0.25, 0.3) is 0 Å². The number of benzene rings is 1. The zero-order chi connectivity index (χ0) is 27.3. The summed E-state index contributed by atoms with van der Waals surface area (Å²) in [6, 6.07) is 8.29. The van der Waals surface area contributed by atoms with Gasteiger partial charge in [-0.2, -0.15) is 0 Å². The predicted molar refractivity (Wildman–Crippen MR) is 146 cm³/mol. The molecule has 0 amide bonds. The van der Waals surface area contributed by atoms with Crippen molar-refractivity contribution in [2.24, 2.45) is 0 Å². The Balaban J connectivity index is 1.56. The maximum absolute atomic E-state index is 14.2. The first-order valence-corrected chi connectivity index (χ1v) is 13.5. The van der Waals surface area contributed by atoms with Crippen LogP contribution in [0.5, 0.6) is 0 Å². The Kier molecular flexibility index (Phi) is 8.83. The zero-order valence-corrected chi connectivity index (χ0v) is 22.8. The summed E-state index contributed by atoms with van der Waals surface area (Å²) in [6.07, 6.45) is 8.15. The monoisotopic (exact) mass is 526 g/mol. The first-order valence-electron chi connectivity index (χ1n) is 13.5. The van der Waals surface area contributed by atoms with E-state index in [9.17, 15) is 13.9 Å². The molecule has 2 aliphatic carbocycles. The second-order valence-electron chi connectivity index (χ2n) is 11.6. The minimum atomic E-state index is -1.41. The number of hydrogen-bond donors (Lipinski definition) is 3. The fraction of sp³-hybridized carbons (Fsp3) is 0.533. The van der Waals surface area contributed by atoms with Crippen LogP contribution in [0.15, 0.2) is 64.4 Å². The summed E-state index contributed by atoms with van der Waals surface area (Å²) in [5.41, 5.74) is 2.72. The summed E-state index contributed by atoms with van der Waals surface area (Å²) in [5.74, 6) is -0.150. The molecule has 6 nitrogen and oxygen atoms in total. The van der Waals surface area contributed by atoms with Gasteiger partial charge in [-0.3, -0.25) is 0 Å². The number of nitrogens with zero attached hydrogens (tertiary/aromatic N) is 2. The average molecular weight is 527 g/mol. The van der Waals surface area contributed by atoms with Gasteiger partial charge in [0.15, 0.2) is 0 Å². The zero-order valence-electron chi connectivity index (χ0n) is 22.8. The number of allylic oxidation sites excluding steroid dienone is 5. The minimum Gasteiger partial charge on any atom is -0.408 e. The van der Waals surface area contributed by atoms with Gasteiger partial charge in [0.1, 0.15) is 12.0 Å². The number of anilines is 1. The summed E-state index contributed by atoms with van der Waals surface area (Å²) in [6.45, 7) is 8.59. The number of aryl methyl sites for hydroxylation is 1. The molecular formula is C30H40F2N4O2. The van der Waals surface area contributed by atoms with Crippen LogP contribution in [0.1, 0.15) is 76.3 Å². The Bertz CT molecular complexity index is 1170. The van der Waals surface area contributed by atoms with E-state index in [1.54, 1.807) is 6.92 Å². The molecule has 1 heterocycles. The van der Waals surface area contributed by atoms with Crippen molar-refractivity contribution >= 4 is 6.01 Å². The summed E-state index contributed by atoms with van der Waals surface area (Å²) < 4.78 is 33.8. The SMILES string of the molecule is Cc1nnc(NC(CC2=CC(F)C=CC(F)=C2)C(O)CNC2(c3cccc(C(C)(C)C)c3)CCCCC2)o1. The maximum atomic E-state index is 14.2. The van der Waals surface area contributed by atoms with Crippen LogP contribution in [0, 0.1) is 6.92 Å². The molecule has 0 spiro atoms. The van der Waals surface area contributed by atoms with Crippen molar-refractivity contribution in [3.05, 3.63) is 77.0 Å². The Morgan fingerprint density at radius 3 is 2.63 bits per heavy atom. The number of hydrogen-bond acceptors (Lipinski definition) is 6. The highest BCUT2D eigenvalue weighted by molar-refractivity contribution is 5.36. The molecule has 1 aromatic carbocycles. The molecule has 1 saturated carbocycles. The smallest absolute Gasteiger partial charge is 0.315 e. The molecule has 0 aliphatic heterocycles. The lowest BCUT2D eigenvalue weighted by molar-refractivity contribution is 0.121. The third kappa shape index (κ3) is 7.17. The summed E-state index contributed by atoms with van der Waals surface area (Å²) in [4.78, 5) is 0. The van der Waals surface area contributed by atoms with Crippen molar-refractivity contribution in [1.82, 2.24) is 15.5 Å². The van der Waals surface area contributed by atoms with Crippen molar-refractivity contribution < 1.29 is 18.3 Å². The number of alkyl halides is 1. The van der Waals surface area contributed by atoms with E-state index < -0.39 is 24.1 Å². The normalized spacial score (nSPS) is 21.3. The van der Waals surface area contributed by atoms with Gasteiger partial charge in [0.25, 0.3) is 0 Å². The maximum Gasteiger partial charge on any atom is 0.315 e. The average Bonchev–Trinajstić information content (AvgIpc) is 3.22. The summed E-state index contributed by atoms with van der Waals surface area (Å²) in [7, 11) is 0. The van der Waals surface area contributed by atoms with E-state index >= 15 is 0 Å². The minimum absolute atomic E-state index is 0.0287. The van der Waals surface area contributed by atoms with Crippen molar-refractivity contribution in [2.75, 3.05) is 11.9 Å². The molecule has 8 heteroatoms. The van der Waals surface area contributed by atoms with Crippen LogP contribution >= 0.6 is 0 Å². The largest absolute Gasteiger partial charge is 0.408 e. The quantitative estimate of drug-likeness (QED) is 0.354. The van der Waals surface area contributed by atoms with Crippen LogP contribution < -0.4 is 10.6 Å². The van der Waals surface area contributed by atoms with Crippen molar-refractivity contribution in [3.63, 3.8) is 0 Å². The van der Waals surface area contributed by atoms with E-state index in [1.165, 1.54) is 35.8 Å². The number of rotatable bonds is 9. The van der Waals surface area contributed by atoms with Crippen LogP contribution in [0.4, 0.5) is 14.8 Å². The second-order valence-corrected chi connectivity index (χ2v) is 11.6. The van der Waals surface area contributed by atoms with E-state index in [1.807, 2.05) is 0 Å². The molecule has 3 unspecified atom stereocenters. The van der Waals surface area contributed by atoms with Gasteiger partial charge in [-0.1, -0.05) is 69.4 Å². The Morgan fingerprint density at radius 2 is 1.95 bits per heavy atom. The highest BCUT2D eigenvalue weighted by atomic mass is 19.1. The van der Waals surface area contributed by atoms with Crippen LogP contribution in [0.2, 0.25) is 0 Å². The first-order chi connectivity index (χ1) is 18.0. The van der Waals surface area contributed by atoms with E-state index in [4.69, 9.17) is 4.42 Å². The van der Waals surface area contributed by atoms with Gasteiger partial charge < -0.3 is 20.2 Å². The van der Waals surface area contributed by atoms with Crippen molar-refractivity contribution in [2.45, 2.75) is 95.5 Å². The third-order valence-corrected chi connectivity index (χ3v) is 7.53. The molecule has 2 aliphatic rings. The second kappa shape index (κ2) is 11.9. The Labute approximate surface area is 224 Å². The summed E-state index contributed by atoms with van der Waals surface area (Å²) in [5, 5.41) is 26.1. The molecule has 206 valence electrons. The van der Waals surface area contributed by atoms with Crippen LogP contribution in [0.3, 0.4) is 0 Å². The lowest BCUT2D eigenvalue weighted by atomic mass is 9.74. The van der Waals surface area contributed by atoms with Crippen molar-refractivity contribution in [3.8, 4) is 0 Å². The fourth-order valence-electron chi connectivity index (χ4n) is 5.34. The third-order valence-electron chi connectivity index (χ3n) is 7.53. The number of halogens is 2. The molecule has 38 heavy (non-hydrogen) atoms. The Morgan fingerprint density at radius 1 is 1.18 bits per heavy atom. The highest BCUT2D eigenvalue weighted by Gasteiger charge is 2.35. The van der Waals surface area contributed by atoms with E-state index in [2.05, 4.69) is 65.9 Å². The Hall–Kier alpha value is -2.84. The molecule has 3 atom stereocenters. The molecule has 3 N–H and O–H groups in total. The van der Waals surface area contributed by atoms with E-state index in [0.29, 0.717) is 11.5 Å². The number of nitrogens with one attached hydrogen (secondary N) is 2. The molecule has 0 radical (unpaired) electrons. The van der Waals surface area contributed by atoms with Gasteiger partial charge in [0, 0.05) is 19.0 Å². The summed E-state index contributed by atoms with van der Waals surface area (Å²) >= 11 is 0.